The van der Waals surface area contributed by atoms with Gasteiger partial charge in [0.05, 0.1) is 11.9 Å². The molecule has 9 nitrogen and oxygen atoms in total. The van der Waals surface area contributed by atoms with Crippen LogP contribution in [0.5, 0.6) is 11.8 Å². The normalized spacial score (nSPS) is 24.2. The summed E-state index contributed by atoms with van der Waals surface area (Å²) in [6.07, 6.45) is 3.75. The Kier molecular flexibility index (Phi) is 4.12. The molecule has 2 fully saturated rings. The molecule has 3 heterocycles. The minimum atomic E-state index is -0.967. The van der Waals surface area contributed by atoms with E-state index in [-0.39, 0.29) is 23.7 Å². The van der Waals surface area contributed by atoms with Gasteiger partial charge in [-0.1, -0.05) is 0 Å². The second-order valence-corrected chi connectivity index (χ2v) is 8.76. The third kappa shape index (κ3) is 2.87. The number of nitrogens with one attached hydrogen (secondary N) is 1. The summed E-state index contributed by atoms with van der Waals surface area (Å²) in [4.78, 5) is 27.3. The van der Waals surface area contributed by atoms with E-state index in [4.69, 9.17) is 21.2 Å². The van der Waals surface area contributed by atoms with Gasteiger partial charge in [0.1, 0.15) is 22.9 Å². The number of hydrogen-bond donors (Lipinski definition) is 3. The predicted octanol–water partition coefficient (Wildman–Crippen LogP) is 1.66. The zero-order valence-electron chi connectivity index (χ0n) is 17.9. The standard InChI is InChI=1S/C23H22FN7O2/c1-27-17-6-11(24)5-14-13(17)7-18-19(14)20(30-22(29-18)33-12-3-2-4-28-8-12)31-9-15-16(10-31)23(15,26)21(25)32/h2-6,8,15-16,27H,7,9-10,26H2,1H3,(H2,25,32)/t15-,16+,23?. The average molecular weight is 447 g/mol. The number of primary amides is 1. The molecular formula is C23H22FN7O2. The number of benzene rings is 1. The van der Waals surface area contributed by atoms with Gasteiger partial charge < -0.3 is 26.4 Å². The van der Waals surface area contributed by atoms with E-state index in [1.807, 2.05) is 0 Å². The van der Waals surface area contributed by atoms with Crippen LogP contribution in [0.3, 0.4) is 0 Å². The fraction of sp³-hybridized carbons (Fsp3) is 0.304. The lowest BCUT2D eigenvalue weighted by atomic mass is 10.0. The molecule has 1 aliphatic heterocycles. The van der Waals surface area contributed by atoms with Crippen LogP contribution in [-0.2, 0) is 11.2 Å². The maximum absolute atomic E-state index is 14.4. The molecule has 3 aromatic rings. The van der Waals surface area contributed by atoms with Crippen LogP contribution in [-0.4, -0.2) is 46.5 Å². The lowest BCUT2D eigenvalue weighted by Gasteiger charge is -2.26. The van der Waals surface area contributed by atoms with Gasteiger partial charge >= 0.3 is 6.01 Å². The number of hydrogen-bond acceptors (Lipinski definition) is 8. The van der Waals surface area contributed by atoms with Crippen molar-refractivity contribution in [3.63, 3.8) is 0 Å². The van der Waals surface area contributed by atoms with Crippen molar-refractivity contribution in [3.05, 3.63) is 53.7 Å². The van der Waals surface area contributed by atoms with Crippen LogP contribution in [0.15, 0.2) is 36.7 Å². The number of fused-ring (bicyclic) bond motifs is 4. The van der Waals surface area contributed by atoms with E-state index >= 15 is 0 Å². The predicted molar refractivity (Wildman–Crippen MR) is 119 cm³/mol. The first-order valence-corrected chi connectivity index (χ1v) is 10.7. The largest absolute Gasteiger partial charge is 0.423 e. The van der Waals surface area contributed by atoms with Crippen molar-refractivity contribution in [2.24, 2.45) is 23.3 Å². The van der Waals surface area contributed by atoms with Crippen LogP contribution in [0.25, 0.3) is 11.1 Å². The van der Waals surface area contributed by atoms with Crippen LogP contribution < -0.4 is 26.4 Å². The number of ether oxygens (including phenoxy) is 1. The molecule has 1 unspecified atom stereocenters. The minimum absolute atomic E-state index is 0.0374. The molecule has 6 rings (SSSR count). The van der Waals surface area contributed by atoms with E-state index < -0.39 is 11.4 Å². The van der Waals surface area contributed by atoms with Gasteiger partial charge in [-0.15, -0.1) is 0 Å². The van der Waals surface area contributed by atoms with Crippen LogP contribution in [0.2, 0.25) is 0 Å². The molecule has 2 aliphatic carbocycles. The minimum Gasteiger partial charge on any atom is -0.423 e. The number of carbonyl (C=O) groups excluding carboxylic acids is 1. The van der Waals surface area contributed by atoms with Gasteiger partial charge in [0.25, 0.3) is 0 Å². The summed E-state index contributed by atoms with van der Waals surface area (Å²) in [5.74, 6) is 0.265. The Morgan fingerprint density at radius 2 is 2.09 bits per heavy atom. The lowest BCUT2D eigenvalue weighted by Crippen LogP contribution is -2.47. The van der Waals surface area contributed by atoms with Crippen LogP contribution in [0, 0.1) is 17.7 Å². The molecular weight excluding hydrogens is 425 g/mol. The van der Waals surface area contributed by atoms with Crippen LogP contribution in [0.1, 0.15) is 11.3 Å². The molecule has 168 valence electrons. The molecule has 0 radical (unpaired) electrons. The molecule has 2 aromatic heterocycles. The number of amides is 1. The topological polar surface area (TPSA) is 132 Å². The number of halogens is 1. The Labute approximate surface area is 189 Å². The Morgan fingerprint density at radius 1 is 1.30 bits per heavy atom. The summed E-state index contributed by atoms with van der Waals surface area (Å²) in [6, 6.07) is 6.72. The number of carbonyl (C=O) groups is 1. The van der Waals surface area contributed by atoms with Gasteiger partial charge in [0.2, 0.25) is 5.91 Å². The van der Waals surface area contributed by atoms with Gasteiger partial charge in [-0.25, -0.2) is 4.39 Å². The highest BCUT2D eigenvalue weighted by molar-refractivity contribution is 5.91. The van der Waals surface area contributed by atoms with Crippen LogP contribution >= 0.6 is 0 Å². The first-order chi connectivity index (χ1) is 15.9. The van der Waals surface area contributed by atoms with Crippen molar-refractivity contribution in [2.75, 3.05) is 30.4 Å². The van der Waals surface area contributed by atoms with Gasteiger partial charge in [-0.05, 0) is 35.4 Å². The SMILES string of the molecule is CNc1cc(F)cc2c1Cc1nc(Oc3cccnc3)nc(N3C[C@@H]4[C@H](C3)C4(N)C(N)=O)c1-2. The maximum Gasteiger partial charge on any atom is 0.324 e. The van der Waals surface area contributed by atoms with Gasteiger partial charge in [0.15, 0.2) is 0 Å². The summed E-state index contributed by atoms with van der Waals surface area (Å²) >= 11 is 0. The molecule has 33 heavy (non-hydrogen) atoms. The smallest absolute Gasteiger partial charge is 0.324 e. The van der Waals surface area contributed by atoms with E-state index in [2.05, 4.69) is 20.2 Å². The molecule has 3 atom stereocenters. The van der Waals surface area contributed by atoms with Crippen LogP contribution in [0.4, 0.5) is 15.9 Å². The fourth-order valence-corrected chi connectivity index (χ4v) is 5.31. The molecule has 0 bridgehead atoms. The second kappa shape index (κ2) is 6.85. The van der Waals surface area contributed by atoms with Crippen molar-refractivity contribution in [1.29, 1.82) is 0 Å². The summed E-state index contributed by atoms with van der Waals surface area (Å²) in [7, 11) is 1.76. The van der Waals surface area contributed by atoms with E-state index in [0.717, 1.165) is 22.4 Å². The summed E-state index contributed by atoms with van der Waals surface area (Å²) in [5.41, 5.74) is 14.8. The zero-order valence-corrected chi connectivity index (χ0v) is 17.9. The number of pyridine rings is 1. The van der Waals surface area contributed by atoms with E-state index in [0.29, 0.717) is 36.8 Å². The monoisotopic (exact) mass is 447 g/mol. The van der Waals surface area contributed by atoms with E-state index in [1.165, 1.54) is 12.1 Å². The zero-order chi connectivity index (χ0) is 22.9. The summed E-state index contributed by atoms with van der Waals surface area (Å²) in [5, 5.41) is 3.07. The highest BCUT2D eigenvalue weighted by Crippen LogP contribution is 2.55. The third-order valence-electron chi connectivity index (χ3n) is 7.05. The quantitative estimate of drug-likeness (QED) is 0.421. The van der Waals surface area contributed by atoms with Crippen molar-refractivity contribution in [3.8, 4) is 22.9 Å². The number of nitrogens with zero attached hydrogens (tertiary/aromatic N) is 4. The van der Waals surface area contributed by atoms with Gasteiger partial charge in [0, 0.05) is 55.8 Å². The number of nitrogens with two attached hydrogens (primary N) is 2. The van der Waals surface area contributed by atoms with Gasteiger partial charge in [-0.3, -0.25) is 9.78 Å². The number of rotatable bonds is 5. The first kappa shape index (κ1) is 19.9. The average Bonchev–Trinajstić information content (AvgIpc) is 3.14. The molecule has 1 saturated heterocycles. The third-order valence-corrected chi connectivity index (χ3v) is 7.05. The first-order valence-electron chi connectivity index (χ1n) is 10.7. The highest BCUT2D eigenvalue weighted by atomic mass is 19.1. The van der Waals surface area contributed by atoms with E-state index in [1.54, 1.807) is 31.6 Å². The van der Waals surface area contributed by atoms with E-state index in [9.17, 15) is 9.18 Å². The van der Waals surface area contributed by atoms with Crippen molar-refractivity contribution >= 4 is 17.4 Å². The highest BCUT2D eigenvalue weighted by Gasteiger charge is 2.70. The molecule has 0 spiro atoms. The Balaban J connectivity index is 1.44. The maximum atomic E-state index is 14.4. The summed E-state index contributed by atoms with van der Waals surface area (Å²) < 4.78 is 20.3. The Morgan fingerprint density at radius 3 is 2.76 bits per heavy atom. The summed E-state index contributed by atoms with van der Waals surface area (Å²) in [6.45, 7) is 1.06. The van der Waals surface area contributed by atoms with Crippen molar-refractivity contribution < 1.29 is 13.9 Å². The van der Waals surface area contributed by atoms with Crippen molar-refractivity contribution in [1.82, 2.24) is 15.0 Å². The Bertz CT molecular complexity index is 1290. The lowest BCUT2D eigenvalue weighted by molar-refractivity contribution is -0.120. The molecule has 5 N–H and O–H groups in total. The molecule has 1 amide bonds. The molecule has 10 heteroatoms. The van der Waals surface area contributed by atoms with Gasteiger partial charge in [-0.2, -0.15) is 9.97 Å². The van der Waals surface area contributed by atoms with Crippen molar-refractivity contribution in [2.45, 2.75) is 12.0 Å². The Hall–Kier alpha value is -3.79. The molecule has 1 aromatic carbocycles. The molecule has 3 aliphatic rings. The number of anilines is 2. The number of piperidine rings is 1. The number of aromatic nitrogens is 3. The second-order valence-electron chi connectivity index (χ2n) is 8.76. The fourth-order valence-electron chi connectivity index (χ4n) is 5.31. The molecule has 1 saturated carbocycles.